The molecule has 0 radical (unpaired) electrons. The van der Waals surface area contributed by atoms with Crippen LogP contribution in [0.4, 0.5) is 0 Å². The molecule has 0 fully saturated rings. The Hall–Kier alpha value is -3.25. The molecule has 1 unspecified atom stereocenters. The molecular formula is C25H25N3O2S. The van der Waals surface area contributed by atoms with Gasteiger partial charge in [0.05, 0.1) is 23.3 Å². The second-order valence-electron chi connectivity index (χ2n) is 7.66. The summed E-state index contributed by atoms with van der Waals surface area (Å²) in [5, 5.41) is 5.63. The minimum atomic E-state index is -0.255. The first-order chi connectivity index (χ1) is 15.1. The van der Waals surface area contributed by atoms with Crippen molar-refractivity contribution in [3.8, 4) is 0 Å². The molecule has 2 aromatic carbocycles. The normalized spacial score (nSPS) is 12.1. The van der Waals surface area contributed by atoms with Gasteiger partial charge in [-0.1, -0.05) is 55.8 Å². The summed E-state index contributed by atoms with van der Waals surface area (Å²) in [5.74, 6) is -0.230. The number of aromatic nitrogens is 2. The molecule has 1 atom stereocenters. The Bertz CT molecular complexity index is 1240. The number of carbonyl (C=O) groups excluding carboxylic acids is 1. The molecule has 0 bridgehead atoms. The summed E-state index contributed by atoms with van der Waals surface area (Å²) in [6.07, 6.45) is 3.59. The van der Waals surface area contributed by atoms with Crippen LogP contribution in [0.1, 0.15) is 41.0 Å². The third-order valence-corrected chi connectivity index (χ3v) is 6.29. The number of thiophene rings is 1. The molecule has 2 heterocycles. The third kappa shape index (κ3) is 4.59. The molecule has 0 aliphatic rings. The highest BCUT2D eigenvalue weighted by Crippen LogP contribution is 2.26. The highest BCUT2D eigenvalue weighted by Gasteiger charge is 2.19. The molecule has 0 saturated carbocycles. The van der Waals surface area contributed by atoms with E-state index >= 15 is 0 Å². The third-order valence-electron chi connectivity index (χ3n) is 5.35. The van der Waals surface area contributed by atoms with Crippen molar-refractivity contribution in [1.29, 1.82) is 0 Å². The Morgan fingerprint density at radius 3 is 2.65 bits per heavy atom. The number of hydrogen-bond donors (Lipinski definition) is 1. The second-order valence-corrected chi connectivity index (χ2v) is 8.64. The lowest BCUT2D eigenvalue weighted by Crippen LogP contribution is -2.35. The Morgan fingerprint density at radius 1 is 1.13 bits per heavy atom. The largest absolute Gasteiger partial charge is 0.343 e. The molecule has 5 nitrogen and oxygen atoms in total. The average molecular weight is 432 g/mol. The zero-order valence-corrected chi connectivity index (χ0v) is 18.5. The van der Waals surface area contributed by atoms with Crippen LogP contribution in [0.25, 0.3) is 10.9 Å². The van der Waals surface area contributed by atoms with Gasteiger partial charge in [-0.3, -0.25) is 14.2 Å². The summed E-state index contributed by atoms with van der Waals surface area (Å²) in [5.41, 5.74) is 3.71. The minimum Gasteiger partial charge on any atom is -0.343 e. The van der Waals surface area contributed by atoms with Crippen LogP contribution in [0.3, 0.4) is 0 Å². The standard InChI is InChI=1S/C25H25N3O2S/c1-3-6-18-10-12-19(13-11-18)24(21-9-5-14-31-21)27-22(29)15-28-16-26-23-17(2)7-4-8-20(23)25(28)30/h4-5,7-14,16,24H,3,6,15H2,1-2H3,(H,27,29). The van der Waals surface area contributed by atoms with E-state index in [0.717, 1.165) is 28.8 Å². The van der Waals surface area contributed by atoms with Gasteiger partial charge in [0, 0.05) is 4.88 Å². The molecular weight excluding hydrogens is 406 g/mol. The summed E-state index contributed by atoms with van der Waals surface area (Å²) >= 11 is 1.60. The van der Waals surface area contributed by atoms with Crippen LogP contribution in [0, 0.1) is 6.92 Å². The Kier molecular flexibility index (Phi) is 6.28. The smallest absolute Gasteiger partial charge is 0.261 e. The van der Waals surface area contributed by atoms with Crippen LogP contribution in [0.2, 0.25) is 0 Å². The van der Waals surface area contributed by atoms with Gasteiger partial charge in [0.25, 0.3) is 5.56 Å². The monoisotopic (exact) mass is 431 g/mol. The van der Waals surface area contributed by atoms with Crippen molar-refractivity contribution in [2.75, 3.05) is 0 Å². The maximum Gasteiger partial charge on any atom is 0.261 e. The van der Waals surface area contributed by atoms with Crippen molar-refractivity contribution in [2.45, 2.75) is 39.3 Å². The minimum absolute atomic E-state index is 0.0779. The maximum atomic E-state index is 12.9. The maximum absolute atomic E-state index is 12.9. The molecule has 1 N–H and O–H groups in total. The van der Waals surface area contributed by atoms with E-state index in [1.165, 1.54) is 16.5 Å². The van der Waals surface area contributed by atoms with E-state index in [-0.39, 0.29) is 24.1 Å². The molecule has 0 spiro atoms. The van der Waals surface area contributed by atoms with Crippen LogP contribution >= 0.6 is 11.3 Å². The molecule has 31 heavy (non-hydrogen) atoms. The van der Waals surface area contributed by atoms with Crippen LogP contribution in [0.15, 0.2) is 71.1 Å². The molecule has 1 amide bonds. The van der Waals surface area contributed by atoms with Crippen LogP contribution in [-0.4, -0.2) is 15.5 Å². The fourth-order valence-corrected chi connectivity index (χ4v) is 4.55. The zero-order valence-electron chi connectivity index (χ0n) is 17.7. The first-order valence-electron chi connectivity index (χ1n) is 10.4. The van der Waals surface area contributed by atoms with Crippen molar-refractivity contribution in [1.82, 2.24) is 14.9 Å². The molecule has 6 heteroatoms. The van der Waals surface area contributed by atoms with Crippen molar-refractivity contribution in [2.24, 2.45) is 0 Å². The Morgan fingerprint density at radius 2 is 1.94 bits per heavy atom. The number of nitrogens with zero attached hydrogens (tertiary/aromatic N) is 2. The van der Waals surface area contributed by atoms with Gasteiger partial charge in [0.2, 0.25) is 5.91 Å². The zero-order chi connectivity index (χ0) is 21.8. The lowest BCUT2D eigenvalue weighted by molar-refractivity contribution is -0.122. The quantitative estimate of drug-likeness (QED) is 0.464. The first-order valence-corrected chi connectivity index (χ1v) is 11.3. The number of para-hydroxylation sites is 1. The van der Waals surface area contributed by atoms with Crippen LogP contribution < -0.4 is 10.9 Å². The predicted octanol–water partition coefficient (Wildman–Crippen LogP) is 4.62. The fraction of sp³-hybridized carbons (Fsp3) is 0.240. The van der Waals surface area contributed by atoms with Gasteiger partial charge in [-0.05, 0) is 47.5 Å². The van der Waals surface area contributed by atoms with Crippen molar-refractivity contribution in [3.05, 3.63) is 98.2 Å². The van der Waals surface area contributed by atoms with Crippen LogP contribution in [-0.2, 0) is 17.8 Å². The Labute approximate surface area is 185 Å². The molecule has 0 aliphatic carbocycles. The fourth-order valence-electron chi connectivity index (χ4n) is 3.75. The van der Waals surface area contributed by atoms with E-state index in [9.17, 15) is 9.59 Å². The number of hydrogen-bond acceptors (Lipinski definition) is 4. The van der Waals surface area contributed by atoms with Gasteiger partial charge in [-0.25, -0.2) is 4.98 Å². The summed E-state index contributed by atoms with van der Waals surface area (Å²) in [6.45, 7) is 4.00. The van der Waals surface area contributed by atoms with Gasteiger partial charge in [-0.15, -0.1) is 11.3 Å². The topological polar surface area (TPSA) is 64.0 Å². The highest BCUT2D eigenvalue weighted by atomic mass is 32.1. The molecule has 0 aliphatic heterocycles. The van der Waals surface area contributed by atoms with E-state index < -0.39 is 0 Å². The molecule has 2 aromatic heterocycles. The highest BCUT2D eigenvalue weighted by molar-refractivity contribution is 7.10. The average Bonchev–Trinajstić information content (AvgIpc) is 3.30. The lowest BCUT2D eigenvalue weighted by atomic mass is 10.0. The number of nitrogens with one attached hydrogen (secondary N) is 1. The summed E-state index contributed by atoms with van der Waals surface area (Å²) < 4.78 is 1.37. The lowest BCUT2D eigenvalue weighted by Gasteiger charge is -2.19. The predicted molar refractivity (Wildman–Crippen MR) is 125 cm³/mol. The summed E-state index contributed by atoms with van der Waals surface area (Å²) in [7, 11) is 0. The molecule has 4 aromatic rings. The second kappa shape index (κ2) is 9.27. The molecule has 158 valence electrons. The van der Waals surface area contributed by atoms with Gasteiger partial charge < -0.3 is 5.32 Å². The van der Waals surface area contributed by atoms with E-state index in [4.69, 9.17) is 0 Å². The van der Waals surface area contributed by atoms with Crippen LogP contribution in [0.5, 0.6) is 0 Å². The number of rotatable bonds is 7. The number of aryl methyl sites for hydroxylation is 2. The van der Waals surface area contributed by atoms with Gasteiger partial charge in [0.1, 0.15) is 6.54 Å². The van der Waals surface area contributed by atoms with E-state index in [2.05, 4.69) is 41.5 Å². The number of amides is 1. The number of fused-ring (bicyclic) bond motifs is 1. The summed E-state index contributed by atoms with van der Waals surface area (Å²) in [6, 6.07) is 17.6. The number of carbonyl (C=O) groups is 1. The first kappa shape index (κ1) is 21.0. The van der Waals surface area contributed by atoms with Crippen molar-refractivity contribution in [3.63, 3.8) is 0 Å². The van der Waals surface area contributed by atoms with E-state index in [0.29, 0.717) is 10.9 Å². The van der Waals surface area contributed by atoms with Gasteiger partial charge in [-0.2, -0.15) is 0 Å². The molecule has 0 saturated heterocycles. The number of benzene rings is 2. The van der Waals surface area contributed by atoms with Gasteiger partial charge in [0.15, 0.2) is 0 Å². The van der Waals surface area contributed by atoms with Crippen molar-refractivity contribution < 1.29 is 4.79 Å². The SMILES string of the molecule is CCCc1ccc(C(NC(=O)Cn2cnc3c(C)cccc3c2=O)c2cccs2)cc1. The van der Waals surface area contributed by atoms with Crippen molar-refractivity contribution >= 4 is 28.1 Å². The van der Waals surface area contributed by atoms with E-state index in [1.807, 2.05) is 36.6 Å². The molecule has 4 rings (SSSR count). The summed E-state index contributed by atoms with van der Waals surface area (Å²) in [4.78, 5) is 31.2. The van der Waals surface area contributed by atoms with Gasteiger partial charge >= 0.3 is 0 Å². The Balaban J connectivity index is 1.58. The van der Waals surface area contributed by atoms with E-state index in [1.54, 1.807) is 17.4 Å².